The van der Waals surface area contributed by atoms with Gasteiger partial charge in [0.15, 0.2) is 4.80 Å². The van der Waals surface area contributed by atoms with E-state index in [1.807, 2.05) is 36.4 Å². The van der Waals surface area contributed by atoms with E-state index in [4.69, 9.17) is 9.73 Å². The lowest BCUT2D eigenvalue weighted by Gasteiger charge is -2.29. The number of benzene rings is 2. The standard InChI is InChI=1S/C24H29N3O3S2/c1-4-27-23(17-31-24(27)25-20-7-9-21(30-3)10-8-20)19-5-11-22(12-6-19)32(28,29)26-15-13-18(2)14-16-26/h5-12,17-18H,4,13-16H2,1-3H3. The summed E-state index contributed by atoms with van der Waals surface area (Å²) in [6, 6.07) is 14.9. The predicted octanol–water partition coefficient (Wildman–Crippen LogP) is 4.90. The monoisotopic (exact) mass is 471 g/mol. The maximum atomic E-state index is 13.0. The zero-order chi connectivity index (χ0) is 22.7. The molecule has 32 heavy (non-hydrogen) atoms. The van der Waals surface area contributed by atoms with Gasteiger partial charge in [-0.1, -0.05) is 19.1 Å². The van der Waals surface area contributed by atoms with E-state index < -0.39 is 10.0 Å². The van der Waals surface area contributed by atoms with E-state index in [0.29, 0.717) is 23.9 Å². The zero-order valence-electron chi connectivity index (χ0n) is 18.7. The highest BCUT2D eigenvalue weighted by molar-refractivity contribution is 7.89. The van der Waals surface area contributed by atoms with Crippen molar-refractivity contribution < 1.29 is 13.2 Å². The highest BCUT2D eigenvalue weighted by atomic mass is 32.2. The second-order valence-corrected chi connectivity index (χ2v) is 10.8. The lowest BCUT2D eigenvalue weighted by Crippen LogP contribution is -2.37. The summed E-state index contributed by atoms with van der Waals surface area (Å²) in [5.74, 6) is 1.39. The van der Waals surface area contributed by atoms with Gasteiger partial charge in [-0.3, -0.25) is 0 Å². The molecule has 3 aromatic rings. The van der Waals surface area contributed by atoms with Crippen LogP contribution in [-0.2, 0) is 16.6 Å². The number of aromatic nitrogens is 1. The zero-order valence-corrected chi connectivity index (χ0v) is 20.3. The maximum absolute atomic E-state index is 13.0. The lowest BCUT2D eigenvalue weighted by molar-refractivity contribution is 0.288. The highest BCUT2D eigenvalue weighted by Gasteiger charge is 2.28. The fourth-order valence-corrected chi connectivity index (χ4v) is 6.36. The Morgan fingerprint density at radius 2 is 1.72 bits per heavy atom. The van der Waals surface area contributed by atoms with E-state index in [0.717, 1.165) is 46.9 Å². The van der Waals surface area contributed by atoms with Crippen molar-refractivity contribution in [1.82, 2.24) is 8.87 Å². The number of hydrogen-bond donors (Lipinski definition) is 0. The van der Waals surface area contributed by atoms with Crippen molar-refractivity contribution in [1.29, 1.82) is 0 Å². The van der Waals surface area contributed by atoms with E-state index in [1.54, 1.807) is 34.9 Å². The van der Waals surface area contributed by atoms with Crippen molar-refractivity contribution in [2.45, 2.75) is 38.1 Å². The van der Waals surface area contributed by atoms with Crippen LogP contribution < -0.4 is 9.54 Å². The molecular weight excluding hydrogens is 442 g/mol. The Balaban J connectivity index is 1.61. The van der Waals surface area contributed by atoms with Gasteiger partial charge in [0.2, 0.25) is 10.0 Å². The van der Waals surface area contributed by atoms with Crippen LogP contribution in [0, 0.1) is 5.92 Å². The molecule has 0 spiro atoms. The summed E-state index contributed by atoms with van der Waals surface area (Å²) in [6.07, 6.45) is 1.84. The van der Waals surface area contributed by atoms with Crippen LogP contribution in [0.4, 0.5) is 5.69 Å². The smallest absolute Gasteiger partial charge is 0.243 e. The molecule has 0 amide bonds. The van der Waals surface area contributed by atoms with Crippen LogP contribution in [0.15, 0.2) is 63.8 Å². The third kappa shape index (κ3) is 4.67. The van der Waals surface area contributed by atoms with E-state index in [-0.39, 0.29) is 0 Å². The molecule has 2 heterocycles. The third-order valence-corrected chi connectivity index (χ3v) is 8.72. The summed E-state index contributed by atoms with van der Waals surface area (Å²) in [6.45, 7) is 6.22. The Morgan fingerprint density at radius 3 is 2.31 bits per heavy atom. The Bertz CT molecular complexity index is 1220. The van der Waals surface area contributed by atoms with Gasteiger partial charge < -0.3 is 9.30 Å². The fraction of sp³-hybridized carbons (Fsp3) is 0.375. The molecule has 0 atom stereocenters. The lowest BCUT2D eigenvalue weighted by atomic mass is 10.0. The van der Waals surface area contributed by atoms with Crippen molar-refractivity contribution in [2.75, 3.05) is 20.2 Å². The molecule has 0 aliphatic carbocycles. The van der Waals surface area contributed by atoms with Gasteiger partial charge >= 0.3 is 0 Å². The van der Waals surface area contributed by atoms with Crippen LogP contribution in [-0.4, -0.2) is 37.5 Å². The molecule has 8 heteroatoms. The van der Waals surface area contributed by atoms with Crippen LogP contribution in [0.5, 0.6) is 5.75 Å². The van der Waals surface area contributed by atoms with E-state index in [2.05, 4.69) is 23.8 Å². The average Bonchev–Trinajstić information content (AvgIpc) is 3.22. The molecule has 0 unspecified atom stereocenters. The summed E-state index contributed by atoms with van der Waals surface area (Å²) in [7, 11) is -1.80. The second kappa shape index (κ2) is 9.60. The molecule has 1 aromatic heterocycles. The number of sulfonamides is 1. The number of hydrogen-bond acceptors (Lipinski definition) is 5. The number of thiazole rings is 1. The Hall–Kier alpha value is -2.42. The van der Waals surface area contributed by atoms with Crippen LogP contribution in [0.2, 0.25) is 0 Å². The molecule has 2 aromatic carbocycles. The van der Waals surface area contributed by atoms with E-state index in [9.17, 15) is 8.42 Å². The third-order valence-electron chi connectivity index (χ3n) is 5.94. The summed E-state index contributed by atoms with van der Waals surface area (Å²) in [4.78, 5) is 6.03. The van der Waals surface area contributed by atoms with Crippen molar-refractivity contribution in [2.24, 2.45) is 10.9 Å². The first-order valence-electron chi connectivity index (χ1n) is 10.9. The van der Waals surface area contributed by atoms with Gasteiger partial charge in [-0.2, -0.15) is 4.31 Å². The topological polar surface area (TPSA) is 63.9 Å². The van der Waals surface area contributed by atoms with Gasteiger partial charge in [-0.05, 0) is 67.6 Å². The first-order chi connectivity index (χ1) is 15.4. The molecule has 170 valence electrons. The van der Waals surface area contributed by atoms with Gasteiger partial charge in [0.05, 0.1) is 23.4 Å². The minimum absolute atomic E-state index is 0.359. The molecule has 0 bridgehead atoms. The number of piperidine rings is 1. The van der Waals surface area contributed by atoms with Crippen molar-refractivity contribution >= 4 is 27.0 Å². The Morgan fingerprint density at radius 1 is 1.06 bits per heavy atom. The number of nitrogens with zero attached hydrogens (tertiary/aromatic N) is 3. The van der Waals surface area contributed by atoms with E-state index >= 15 is 0 Å². The largest absolute Gasteiger partial charge is 0.497 e. The quantitative estimate of drug-likeness (QED) is 0.514. The molecule has 1 saturated heterocycles. The van der Waals surface area contributed by atoms with Crippen LogP contribution >= 0.6 is 11.3 Å². The normalized spacial score (nSPS) is 16.4. The minimum atomic E-state index is -3.44. The molecule has 0 N–H and O–H groups in total. The first-order valence-corrected chi connectivity index (χ1v) is 13.2. The van der Waals surface area contributed by atoms with Gasteiger partial charge in [-0.25, -0.2) is 13.4 Å². The first kappa shape index (κ1) is 22.8. The van der Waals surface area contributed by atoms with Crippen LogP contribution in [0.25, 0.3) is 11.3 Å². The van der Waals surface area contributed by atoms with Crippen molar-refractivity contribution in [3.05, 3.63) is 58.7 Å². The molecule has 1 fully saturated rings. The van der Waals surface area contributed by atoms with E-state index in [1.165, 1.54) is 0 Å². The molecule has 0 saturated carbocycles. The molecule has 0 radical (unpaired) electrons. The van der Waals surface area contributed by atoms with Gasteiger partial charge in [-0.15, -0.1) is 11.3 Å². The summed E-state index contributed by atoms with van der Waals surface area (Å²) >= 11 is 1.57. The summed E-state index contributed by atoms with van der Waals surface area (Å²) < 4.78 is 35.0. The Kier molecular flexibility index (Phi) is 6.83. The summed E-state index contributed by atoms with van der Waals surface area (Å²) in [5.41, 5.74) is 2.87. The van der Waals surface area contributed by atoms with Gasteiger partial charge in [0, 0.05) is 25.0 Å². The van der Waals surface area contributed by atoms with Crippen molar-refractivity contribution in [3.8, 4) is 17.0 Å². The fourth-order valence-electron chi connectivity index (χ4n) is 3.89. The average molecular weight is 472 g/mol. The molecule has 4 rings (SSSR count). The van der Waals surface area contributed by atoms with Crippen LogP contribution in [0.1, 0.15) is 26.7 Å². The highest BCUT2D eigenvalue weighted by Crippen LogP contribution is 2.27. The molecule has 6 nitrogen and oxygen atoms in total. The molecule has 1 aliphatic rings. The maximum Gasteiger partial charge on any atom is 0.243 e. The Labute approximate surface area is 193 Å². The predicted molar refractivity (Wildman–Crippen MR) is 129 cm³/mol. The number of rotatable bonds is 6. The molecule has 1 aliphatic heterocycles. The van der Waals surface area contributed by atoms with Gasteiger partial charge in [0.1, 0.15) is 5.75 Å². The van der Waals surface area contributed by atoms with Crippen molar-refractivity contribution in [3.63, 3.8) is 0 Å². The number of ether oxygens (including phenoxy) is 1. The summed E-state index contributed by atoms with van der Waals surface area (Å²) in [5, 5.41) is 2.07. The van der Waals surface area contributed by atoms with Gasteiger partial charge in [0.25, 0.3) is 0 Å². The number of methoxy groups -OCH3 is 1. The van der Waals surface area contributed by atoms with Crippen LogP contribution in [0.3, 0.4) is 0 Å². The minimum Gasteiger partial charge on any atom is -0.497 e. The molecular formula is C24H29N3O3S2. The SMILES string of the molecule is CCn1c(-c2ccc(S(=O)(=O)N3CCC(C)CC3)cc2)csc1=Nc1ccc(OC)cc1. The second-order valence-electron chi connectivity index (χ2n) is 8.07.